The Morgan fingerprint density at radius 2 is 1.74 bits per heavy atom. The van der Waals surface area contributed by atoms with Crippen LogP contribution in [0.3, 0.4) is 0 Å². The van der Waals surface area contributed by atoms with Crippen molar-refractivity contribution in [1.82, 2.24) is 10.2 Å². The van der Waals surface area contributed by atoms with Gasteiger partial charge < -0.3 is 9.47 Å². The number of carbonyl (C=O) groups is 1. The molecule has 1 heterocycles. The molecule has 0 aliphatic carbocycles. The number of aromatic amines is 1. The van der Waals surface area contributed by atoms with Crippen LogP contribution in [0.15, 0.2) is 60.8 Å². The van der Waals surface area contributed by atoms with Crippen LogP contribution in [0.1, 0.15) is 17.3 Å². The second-order valence-electron chi connectivity index (χ2n) is 4.82. The number of benzene rings is 2. The smallest absolute Gasteiger partial charge is 0.341 e. The van der Waals surface area contributed by atoms with E-state index in [9.17, 15) is 4.79 Å². The van der Waals surface area contributed by atoms with Crippen LogP contribution >= 0.6 is 0 Å². The Morgan fingerprint density at radius 3 is 2.43 bits per heavy atom. The monoisotopic (exact) mass is 308 g/mol. The van der Waals surface area contributed by atoms with E-state index >= 15 is 0 Å². The van der Waals surface area contributed by atoms with Crippen molar-refractivity contribution in [3.05, 3.63) is 66.4 Å². The number of carbonyl (C=O) groups excluding carboxylic acids is 1. The summed E-state index contributed by atoms with van der Waals surface area (Å²) < 4.78 is 10.8. The highest BCUT2D eigenvalue weighted by molar-refractivity contribution is 5.95. The van der Waals surface area contributed by atoms with Crippen molar-refractivity contribution in [3.8, 4) is 22.8 Å². The van der Waals surface area contributed by atoms with Crippen LogP contribution in [0.2, 0.25) is 0 Å². The van der Waals surface area contributed by atoms with E-state index in [1.165, 1.54) is 6.20 Å². The van der Waals surface area contributed by atoms with E-state index in [4.69, 9.17) is 9.47 Å². The van der Waals surface area contributed by atoms with E-state index < -0.39 is 0 Å². The quantitative estimate of drug-likeness (QED) is 0.722. The average Bonchev–Trinajstić information content (AvgIpc) is 3.06. The average molecular weight is 308 g/mol. The molecule has 0 aliphatic rings. The summed E-state index contributed by atoms with van der Waals surface area (Å²) in [5, 5.41) is 6.77. The molecular weight excluding hydrogens is 292 g/mol. The number of para-hydroxylation sites is 1. The lowest BCUT2D eigenvalue weighted by molar-refractivity contribution is 0.0527. The molecule has 5 heteroatoms. The third kappa shape index (κ3) is 3.40. The first-order chi connectivity index (χ1) is 11.3. The zero-order chi connectivity index (χ0) is 16.1. The van der Waals surface area contributed by atoms with Gasteiger partial charge in [0.05, 0.1) is 18.5 Å². The third-order valence-corrected chi connectivity index (χ3v) is 3.26. The van der Waals surface area contributed by atoms with Crippen molar-refractivity contribution >= 4 is 5.97 Å². The lowest BCUT2D eigenvalue weighted by atomic mass is 10.1. The molecule has 0 bridgehead atoms. The van der Waals surface area contributed by atoms with Gasteiger partial charge in [-0.3, -0.25) is 5.10 Å². The van der Waals surface area contributed by atoms with E-state index in [-0.39, 0.29) is 5.97 Å². The number of hydrogen-bond acceptors (Lipinski definition) is 4. The van der Waals surface area contributed by atoms with Crippen LogP contribution < -0.4 is 4.74 Å². The molecule has 0 atom stereocenters. The minimum Gasteiger partial charge on any atom is -0.462 e. The van der Waals surface area contributed by atoms with E-state index in [1.54, 1.807) is 6.92 Å². The van der Waals surface area contributed by atoms with E-state index in [0.717, 1.165) is 17.1 Å². The van der Waals surface area contributed by atoms with Crippen LogP contribution in [0.25, 0.3) is 11.3 Å². The lowest BCUT2D eigenvalue weighted by Crippen LogP contribution is -2.04. The van der Waals surface area contributed by atoms with Gasteiger partial charge in [0.1, 0.15) is 17.1 Å². The van der Waals surface area contributed by atoms with Crippen LogP contribution in [0.4, 0.5) is 0 Å². The highest BCUT2D eigenvalue weighted by atomic mass is 16.5. The molecule has 0 amide bonds. The Labute approximate surface area is 133 Å². The van der Waals surface area contributed by atoms with Gasteiger partial charge in [-0.25, -0.2) is 4.79 Å². The molecule has 0 fully saturated rings. The maximum absolute atomic E-state index is 11.9. The Hall–Kier alpha value is -3.08. The van der Waals surface area contributed by atoms with Crippen molar-refractivity contribution in [2.24, 2.45) is 0 Å². The fourth-order valence-electron chi connectivity index (χ4n) is 2.18. The molecule has 3 aromatic rings. The summed E-state index contributed by atoms with van der Waals surface area (Å²) in [6, 6.07) is 17.0. The summed E-state index contributed by atoms with van der Waals surface area (Å²) >= 11 is 0. The van der Waals surface area contributed by atoms with Gasteiger partial charge >= 0.3 is 5.97 Å². The van der Waals surface area contributed by atoms with Gasteiger partial charge in [0, 0.05) is 5.56 Å². The van der Waals surface area contributed by atoms with Crippen LogP contribution in [-0.2, 0) is 4.74 Å². The van der Waals surface area contributed by atoms with Crippen molar-refractivity contribution in [1.29, 1.82) is 0 Å². The Kier molecular flexibility index (Phi) is 4.38. The zero-order valence-electron chi connectivity index (χ0n) is 12.7. The molecule has 0 spiro atoms. The van der Waals surface area contributed by atoms with Gasteiger partial charge in [-0.05, 0) is 43.3 Å². The first kappa shape index (κ1) is 14.8. The SMILES string of the molecule is CCOC(=O)c1cn[nH]c1-c1ccc(Oc2ccccc2)cc1. The summed E-state index contributed by atoms with van der Waals surface area (Å²) in [4.78, 5) is 11.9. The van der Waals surface area contributed by atoms with Crippen molar-refractivity contribution in [2.45, 2.75) is 6.92 Å². The number of esters is 1. The molecule has 0 unspecified atom stereocenters. The third-order valence-electron chi connectivity index (χ3n) is 3.26. The zero-order valence-corrected chi connectivity index (χ0v) is 12.7. The Balaban J connectivity index is 1.80. The number of nitrogens with one attached hydrogen (secondary N) is 1. The molecule has 5 nitrogen and oxygen atoms in total. The van der Waals surface area contributed by atoms with Gasteiger partial charge in [-0.1, -0.05) is 18.2 Å². The molecule has 116 valence electrons. The lowest BCUT2D eigenvalue weighted by Gasteiger charge is -2.07. The molecule has 0 radical (unpaired) electrons. The second kappa shape index (κ2) is 6.79. The van der Waals surface area contributed by atoms with Gasteiger partial charge in [-0.15, -0.1) is 0 Å². The summed E-state index contributed by atoms with van der Waals surface area (Å²) in [6.45, 7) is 2.10. The van der Waals surface area contributed by atoms with Crippen LogP contribution in [0, 0.1) is 0 Å². The van der Waals surface area contributed by atoms with Gasteiger partial charge in [0.15, 0.2) is 0 Å². The molecule has 3 rings (SSSR count). The molecule has 23 heavy (non-hydrogen) atoms. The predicted molar refractivity (Wildman–Crippen MR) is 86.5 cm³/mol. The Morgan fingerprint density at radius 1 is 1.04 bits per heavy atom. The molecule has 2 aromatic carbocycles. The number of hydrogen-bond donors (Lipinski definition) is 1. The number of aromatic nitrogens is 2. The highest BCUT2D eigenvalue weighted by Crippen LogP contribution is 2.26. The van der Waals surface area contributed by atoms with Crippen LogP contribution in [0.5, 0.6) is 11.5 Å². The number of rotatable bonds is 5. The molecule has 0 aliphatic heterocycles. The normalized spacial score (nSPS) is 10.3. The molecule has 1 aromatic heterocycles. The summed E-state index contributed by atoms with van der Waals surface area (Å²) in [7, 11) is 0. The maximum atomic E-state index is 11.9. The van der Waals surface area contributed by atoms with E-state index in [0.29, 0.717) is 17.9 Å². The van der Waals surface area contributed by atoms with Gasteiger partial charge in [0.2, 0.25) is 0 Å². The standard InChI is InChI=1S/C18H16N2O3/c1-2-22-18(21)16-12-19-20-17(16)13-8-10-15(11-9-13)23-14-6-4-3-5-7-14/h3-12H,2H2,1H3,(H,19,20). The molecule has 0 saturated heterocycles. The summed E-state index contributed by atoms with van der Waals surface area (Å²) in [6.07, 6.45) is 1.47. The topological polar surface area (TPSA) is 64.2 Å². The Bertz CT molecular complexity index is 780. The van der Waals surface area contributed by atoms with E-state index in [1.807, 2.05) is 54.6 Å². The minimum absolute atomic E-state index is 0.327. The predicted octanol–water partition coefficient (Wildman–Crippen LogP) is 4.05. The number of H-pyrrole nitrogens is 1. The molecular formula is C18H16N2O3. The molecule has 1 N–H and O–H groups in total. The van der Waals surface area contributed by atoms with Crippen molar-refractivity contribution in [2.75, 3.05) is 6.61 Å². The summed E-state index contributed by atoms with van der Waals surface area (Å²) in [5.74, 6) is 1.10. The number of nitrogens with zero attached hydrogens (tertiary/aromatic N) is 1. The highest BCUT2D eigenvalue weighted by Gasteiger charge is 2.16. The second-order valence-corrected chi connectivity index (χ2v) is 4.82. The largest absolute Gasteiger partial charge is 0.462 e. The van der Waals surface area contributed by atoms with Crippen molar-refractivity contribution in [3.63, 3.8) is 0 Å². The first-order valence-corrected chi connectivity index (χ1v) is 7.31. The van der Waals surface area contributed by atoms with E-state index in [2.05, 4.69) is 10.2 Å². The summed E-state index contributed by atoms with van der Waals surface area (Å²) in [5.41, 5.74) is 1.89. The van der Waals surface area contributed by atoms with Gasteiger partial charge in [-0.2, -0.15) is 5.10 Å². The fourth-order valence-corrected chi connectivity index (χ4v) is 2.18. The number of ether oxygens (including phenoxy) is 2. The van der Waals surface area contributed by atoms with Crippen molar-refractivity contribution < 1.29 is 14.3 Å². The minimum atomic E-state index is -0.388. The maximum Gasteiger partial charge on any atom is 0.341 e. The van der Waals surface area contributed by atoms with Gasteiger partial charge in [0.25, 0.3) is 0 Å². The molecule has 0 saturated carbocycles. The fraction of sp³-hybridized carbons (Fsp3) is 0.111. The first-order valence-electron chi connectivity index (χ1n) is 7.31. The van der Waals surface area contributed by atoms with Crippen LogP contribution in [-0.4, -0.2) is 22.8 Å².